The average molecular weight is 207 g/mol. The molecule has 0 atom stereocenters. The Morgan fingerprint density at radius 3 is 2.54 bits per heavy atom. The second-order valence-electron chi connectivity index (χ2n) is 2.14. The maximum absolute atomic E-state index is 12.0. The molecule has 0 spiro atoms. The zero-order valence-electron chi connectivity index (χ0n) is 6.06. The van der Waals surface area contributed by atoms with Gasteiger partial charge in [-0.05, 0) is 6.07 Å². The van der Waals surface area contributed by atoms with Gasteiger partial charge in [0, 0.05) is 6.20 Å². The molecule has 68 valence electrons. The van der Waals surface area contributed by atoms with Crippen molar-refractivity contribution in [2.45, 2.75) is 6.18 Å². The molecule has 2 nitrogen and oxygen atoms in total. The summed E-state index contributed by atoms with van der Waals surface area (Å²) in [7, 11) is 0. The van der Waals surface area contributed by atoms with Crippen LogP contribution in [0.3, 0.4) is 0 Å². The molecule has 0 aliphatic heterocycles. The average Bonchev–Trinajstić information content (AvgIpc) is 2.03. The summed E-state index contributed by atoms with van der Waals surface area (Å²) in [4.78, 5) is 6.05. The minimum absolute atomic E-state index is 0.219. The molecule has 6 heteroatoms. The molecule has 0 bridgehead atoms. The monoisotopic (exact) mass is 206 g/mol. The van der Waals surface area contributed by atoms with Crippen LogP contribution in [0.1, 0.15) is 5.56 Å². The fourth-order valence-electron chi connectivity index (χ4n) is 0.670. The third-order valence-electron chi connectivity index (χ3n) is 1.27. The third-order valence-corrected chi connectivity index (χ3v) is 1.56. The standard InChI is InChI=1S/C7H2ClF3N2/c1-12-5-2-4(7(9,10)11)3-13-6(5)8/h2-3H. The maximum atomic E-state index is 12.0. The van der Waals surface area contributed by atoms with E-state index >= 15 is 0 Å². The summed E-state index contributed by atoms with van der Waals surface area (Å²) < 4.78 is 36.1. The fourth-order valence-corrected chi connectivity index (χ4v) is 0.815. The fraction of sp³-hybridized carbons (Fsp3) is 0.143. The number of alkyl halides is 3. The van der Waals surface area contributed by atoms with E-state index in [1.807, 2.05) is 0 Å². The molecule has 0 aliphatic carbocycles. The van der Waals surface area contributed by atoms with Crippen molar-refractivity contribution in [1.82, 2.24) is 4.98 Å². The van der Waals surface area contributed by atoms with Crippen molar-refractivity contribution in [3.05, 3.63) is 34.4 Å². The van der Waals surface area contributed by atoms with E-state index in [2.05, 4.69) is 9.83 Å². The Morgan fingerprint density at radius 1 is 1.46 bits per heavy atom. The Hall–Kier alpha value is -1.28. The van der Waals surface area contributed by atoms with Crippen molar-refractivity contribution in [2.75, 3.05) is 0 Å². The minimum atomic E-state index is -4.49. The van der Waals surface area contributed by atoms with Crippen LogP contribution in [0, 0.1) is 6.57 Å². The van der Waals surface area contributed by atoms with Crippen LogP contribution < -0.4 is 0 Å². The Labute approximate surface area is 76.8 Å². The van der Waals surface area contributed by atoms with Crippen LogP contribution in [0.2, 0.25) is 5.15 Å². The van der Waals surface area contributed by atoms with Crippen LogP contribution in [-0.2, 0) is 6.18 Å². The smallest absolute Gasteiger partial charge is 0.256 e. The zero-order valence-corrected chi connectivity index (χ0v) is 6.82. The van der Waals surface area contributed by atoms with Crippen LogP contribution in [0.5, 0.6) is 0 Å². The molecule has 13 heavy (non-hydrogen) atoms. The molecule has 0 aromatic carbocycles. The van der Waals surface area contributed by atoms with Gasteiger partial charge in [0.1, 0.15) is 5.15 Å². The molecule has 0 unspecified atom stereocenters. The van der Waals surface area contributed by atoms with Crippen molar-refractivity contribution in [1.29, 1.82) is 0 Å². The molecule has 0 fully saturated rings. The highest BCUT2D eigenvalue weighted by Crippen LogP contribution is 2.33. The Morgan fingerprint density at radius 2 is 2.08 bits per heavy atom. The van der Waals surface area contributed by atoms with Gasteiger partial charge < -0.3 is 0 Å². The van der Waals surface area contributed by atoms with Gasteiger partial charge in [0.25, 0.3) is 0 Å². The quantitative estimate of drug-likeness (QED) is 0.470. The van der Waals surface area contributed by atoms with Gasteiger partial charge in [-0.15, -0.1) is 0 Å². The lowest BCUT2D eigenvalue weighted by Gasteiger charge is -2.05. The van der Waals surface area contributed by atoms with Gasteiger partial charge in [-0.1, -0.05) is 11.6 Å². The van der Waals surface area contributed by atoms with Gasteiger partial charge in [-0.3, -0.25) is 4.98 Å². The first-order valence-corrected chi connectivity index (χ1v) is 3.43. The summed E-state index contributed by atoms with van der Waals surface area (Å²) in [5.74, 6) is 0. The number of aromatic nitrogens is 1. The summed E-state index contributed by atoms with van der Waals surface area (Å²) in [5, 5.41) is -0.219. The third kappa shape index (κ3) is 2.10. The topological polar surface area (TPSA) is 17.2 Å². The van der Waals surface area contributed by atoms with Gasteiger partial charge in [-0.2, -0.15) is 13.2 Å². The second-order valence-corrected chi connectivity index (χ2v) is 2.50. The minimum Gasteiger partial charge on any atom is -0.256 e. The molecule has 0 amide bonds. The largest absolute Gasteiger partial charge is 0.416 e. The Balaban J connectivity index is 3.24. The Bertz CT molecular complexity index is 367. The highest BCUT2D eigenvalue weighted by atomic mass is 35.5. The van der Waals surface area contributed by atoms with E-state index in [9.17, 15) is 13.2 Å². The normalized spacial score (nSPS) is 11.0. The molecular weight excluding hydrogens is 205 g/mol. The predicted molar refractivity (Wildman–Crippen MR) is 40.5 cm³/mol. The lowest BCUT2D eigenvalue weighted by molar-refractivity contribution is -0.137. The van der Waals surface area contributed by atoms with Gasteiger partial charge in [0.05, 0.1) is 12.1 Å². The van der Waals surface area contributed by atoms with Crippen molar-refractivity contribution in [3.8, 4) is 0 Å². The van der Waals surface area contributed by atoms with E-state index in [1.54, 1.807) is 0 Å². The number of rotatable bonds is 0. The molecule has 1 aromatic heterocycles. The van der Waals surface area contributed by atoms with E-state index < -0.39 is 11.7 Å². The van der Waals surface area contributed by atoms with Crippen molar-refractivity contribution < 1.29 is 13.2 Å². The van der Waals surface area contributed by atoms with Gasteiger partial charge in [-0.25, -0.2) is 4.85 Å². The zero-order chi connectivity index (χ0) is 10.1. The molecule has 0 saturated carbocycles. The molecule has 0 saturated heterocycles. The summed E-state index contributed by atoms with van der Waals surface area (Å²) >= 11 is 5.35. The second kappa shape index (κ2) is 3.23. The summed E-state index contributed by atoms with van der Waals surface area (Å²) in [5.41, 5.74) is -1.26. The van der Waals surface area contributed by atoms with E-state index in [1.165, 1.54) is 0 Å². The first kappa shape index (κ1) is 9.81. The first-order valence-electron chi connectivity index (χ1n) is 3.05. The molecular formula is C7H2ClF3N2. The first-order chi connectivity index (χ1) is 5.95. The number of halogens is 4. The summed E-state index contributed by atoms with van der Waals surface area (Å²) in [6.45, 7) is 6.52. The summed E-state index contributed by atoms with van der Waals surface area (Å²) in [6, 6.07) is 0.669. The molecule has 1 heterocycles. The Kier molecular flexibility index (Phi) is 2.43. The van der Waals surface area contributed by atoms with Crippen LogP contribution >= 0.6 is 11.6 Å². The highest BCUT2D eigenvalue weighted by molar-refractivity contribution is 6.32. The number of hydrogen-bond acceptors (Lipinski definition) is 1. The molecule has 1 rings (SSSR count). The molecule has 0 N–H and O–H groups in total. The van der Waals surface area contributed by atoms with E-state index in [4.69, 9.17) is 18.2 Å². The number of nitrogens with zero attached hydrogens (tertiary/aromatic N) is 2. The molecule has 0 aliphatic rings. The van der Waals surface area contributed by atoms with E-state index in [0.29, 0.717) is 12.3 Å². The molecule has 0 radical (unpaired) electrons. The van der Waals surface area contributed by atoms with Crippen LogP contribution in [0.15, 0.2) is 12.3 Å². The SMILES string of the molecule is [C-]#[N+]c1cc(C(F)(F)F)cnc1Cl. The van der Waals surface area contributed by atoms with Gasteiger partial charge in [0.15, 0.2) is 0 Å². The lowest BCUT2D eigenvalue weighted by atomic mass is 10.2. The number of hydrogen-bond donors (Lipinski definition) is 0. The van der Waals surface area contributed by atoms with Crippen molar-refractivity contribution >= 4 is 17.3 Å². The highest BCUT2D eigenvalue weighted by Gasteiger charge is 2.31. The van der Waals surface area contributed by atoms with Crippen LogP contribution in [0.4, 0.5) is 18.9 Å². The lowest BCUT2D eigenvalue weighted by Crippen LogP contribution is -2.04. The van der Waals surface area contributed by atoms with Gasteiger partial charge >= 0.3 is 6.18 Å². The maximum Gasteiger partial charge on any atom is 0.416 e. The van der Waals surface area contributed by atoms with Crippen LogP contribution in [-0.4, -0.2) is 4.98 Å². The van der Waals surface area contributed by atoms with Gasteiger partial charge in [0.2, 0.25) is 5.69 Å². The summed E-state index contributed by atoms with van der Waals surface area (Å²) in [6.07, 6.45) is -3.89. The molecule has 1 aromatic rings. The van der Waals surface area contributed by atoms with E-state index in [-0.39, 0.29) is 10.8 Å². The van der Waals surface area contributed by atoms with Crippen LogP contribution in [0.25, 0.3) is 4.85 Å². The van der Waals surface area contributed by atoms with E-state index in [0.717, 1.165) is 0 Å². The predicted octanol–water partition coefficient (Wildman–Crippen LogP) is 3.30. The number of pyridine rings is 1. The van der Waals surface area contributed by atoms with Crippen molar-refractivity contribution in [3.63, 3.8) is 0 Å². The van der Waals surface area contributed by atoms with Crippen molar-refractivity contribution in [2.24, 2.45) is 0 Å².